The molecule has 0 saturated carbocycles. The number of ether oxygens (including phenoxy) is 2. The lowest BCUT2D eigenvalue weighted by atomic mass is 10.0. The molecular formula is C31H36N2O8S. The van der Waals surface area contributed by atoms with E-state index in [4.69, 9.17) is 18.4 Å². The molecule has 3 aromatic carbocycles. The Bertz CT molecular complexity index is 1630. The van der Waals surface area contributed by atoms with E-state index in [0.29, 0.717) is 47.3 Å². The van der Waals surface area contributed by atoms with Crippen molar-refractivity contribution < 1.29 is 31.7 Å². The Hall–Kier alpha value is -4.19. The fourth-order valence-electron chi connectivity index (χ4n) is 4.11. The molecule has 0 saturated heterocycles. The van der Waals surface area contributed by atoms with Gasteiger partial charge in [-0.15, -0.1) is 0 Å². The third-order valence-corrected chi connectivity index (χ3v) is 6.07. The Morgan fingerprint density at radius 1 is 0.905 bits per heavy atom. The molecule has 0 aliphatic carbocycles. The predicted octanol–water partition coefficient (Wildman–Crippen LogP) is 4.46. The molecule has 42 heavy (non-hydrogen) atoms. The van der Waals surface area contributed by atoms with Gasteiger partial charge in [0.05, 0.1) is 30.9 Å². The van der Waals surface area contributed by atoms with Gasteiger partial charge in [-0.25, -0.2) is 0 Å². The van der Waals surface area contributed by atoms with Gasteiger partial charge in [0, 0.05) is 17.7 Å². The molecular weight excluding hydrogens is 560 g/mol. The quantitative estimate of drug-likeness (QED) is 0.159. The Labute approximate surface area is 245 Å². The molecule has 0 radical (unpaired) electrons. The van der Waals surface area contributed by atoms with Crippen LogP contribution in [0.3, 0.4) is 0 Å². The lowest BCUT2D eigenvalue weighted by Crippen LogP contribution is -2.28. The van der Waals surface area contributed by atoms with Gasteiger partial charge in [0.2, 0.25) is 0 Å². The van der Waals surface area contributed by atoms with Crippen molar-refractivity contribution in [2.24, 2.45) is 0 Å². The van der Waals surface area contributed by atoms with Crippen LogP contribution in [-0.4, -0.2) is 58.5 Å². The standard InChI is InChI=1S/C30H32N2O5.CH4O3S/c1-21-27(33)23-13-8-14-24(29(23)37-28(21)22-11-4-3-5-12-22)30(34)32-19-9-17-31-18-10-20-36-26-16-7-6-15-25(26)35-2;1-5(2,3)4/h3-8,11-16,31H,9-10,17-20H2,1-2H3,(H,32,34);1H3,(H,2,3,4). The van der Waals surface area contributed by atoms with Crippen molar-refractivity contribution in [3.8, 4) is 22.8 Å². The fraction of sp³-hybridized carbons (Fsp3) is 0.290. The van der Waals surface area contributed by atoms with Crippen LogP contribution in [0.25, 0.3) is 22.3 Å². The van der Waals surface area contributed by atoms with Crippen molar-refractivity contribution in [1.29, 1.82) is 0 Å². The largest absolute Gasteiger partial charge is 0.493 e. The molecule has 0 bridgehead atoms. The number of hydrogen-bond donors (Lipinski definition) is 3. The second-order valence-corrected chi connectivity index (χ2v) is 10.8. The summed E-state index contributed by atoms with van der Waals surface area (Å²) >= 11 is 0. The zero-order chi connectivity index (χ0) is 30.5. The summed E-state index contributed by atoms with van der Waals surface area (Å²) in [6.45, 7) is 4.40. The van der Waals surface area contributed by atoms with Gasteiger partial charge in [-0.3, -0.25) is 14.1 Å². The number of hydrogen-bond acceptors (Lipinski definition) is 8. The highest BCUT2D eigenvalue weighted by molar-refractivity contribution is 7.85. The maximum atomic E-state index is 13.0. The molecule has 4 aromatic rings. The first-order valence-electron chi connectivity index (χ1n) is 13.4. The monoisotopic (exact) mass is 596 g/mol. The second kappa shape index (κ2) is 15.7. The molecule has 1 heterocycles. The number of rotatable bonds is 12. The number of carbonyl (C=O) groups excluding carboxylic acids is 1. The van der Waals surface area contributed by atoms with E-state index in [1.807, 2.05) is 54.6 Å². The van der Waals surface area contributed by atoms with E-state index in [0.717, 1.165) is 43.0 Å². The Balaban J connectivity index is 0.000000892. The summed E-state index contributed by atoms with van der Waals surface area (Å²) in [5.74, 6) is 1.69. The van der Waals surface area contributed by atoms with Crippen LogP contribution in [0.1, 0.15) is 28.8 Å². The smallest absolute Gasteiger partial charge is 0.261 e. The van der Waals surface area contributed by atoms with Crippen LogP contribution in [0.15, 0.2) is 82.0 Å². The maximum absolute atomic E-state index is 13.0. The van der Waals surface area contributed by atoms with Crippen molar-refractivity contribution in [2.75, 3.05) is 39.6 Å². The number of fused-ring (bicyclic) bond motifs is 1. The summed E-state index contributed by atoms with van der Waals surface area (Å²) in [6.07, 6.45) is 2.33. The zero-order valence-corrected chi connectivity index (χ0v) is 24.7. The number of benzene rings is 3. The Morgan fingerprint density at radius 3 is 2.24 bits per heavy atom. The third-order valence-electron chi connectivity index (χ3n) is 6.07. The molecule has 3 N–H and O–H groups in total. The third kappa shape index (κ3) is 9.72. The second-order valence-electron chi connectivity index (χ2n) is 9.38. The van der Waals surface area contributed by atoms with Crippen LogP contribution in [-0.2, 0) is 10.1 Å². The minimum Gasteiger partial charge on any atom is -0.493 e. The number of methoxy groups -OCH3 is 1. The summed E-state index contributed by atoms with van der Waals surface area (Å²) in [5.41, 5.74) is 1.86. The van der Waals surface area contributed by atoms with E-state index in [2.05, 4.69) is 10.6 Å². The lowest BCUT2D eigenvalue weighted by molar-refractivity contribution is 0.0954. The highest BCUT2D eigenvalue weighted by Crippen LogP contribution is 2.27. The molecule has 4 rings (SSSR count). The van der Waals surface area contributed by atoms with Gasteiger partial charge in [0.15, 0.2) is 22.5 Å². The summed E-state index contributed by atoms with van der Waals surface area (Å²) < 4.78 is 43.1. The lowest BCUT2D eigenvalue weighted by Gasteiger charge is -2.11. The van der Waals surface area contributed by atoms with Crippen LogP contribution in [0, 0.1) is 6.92 Å². The van der Waals surface area contributed by atoms with Crippen LogP contribution in [0.2, 0.25) is 0 Å². The van der Waals surface area contributed by atoms with Crippen molar-refractivity contribution in [3.05, 3.63) is 94.1 Å². The molecule has 0 aliphatic rings. The van der Waals surface area contributed by atoms with Crippen molar-refractivity contribution in [3.63, 3.8) is 0 Å². The van der Waals surface area contributed by atoms with Crippen molar-refractivity contribution in [1.82, 2.24) is 10.6 Å². The number of para-hydroxylation sites is 3. The predicted molar refractivity (Wildman–Crippen MR) is 163 cm³/mol. The van der Waals surface area contributed by atoms with Crippen molar-refractivity contribution in [2.45, 2.75) is 19.8 Å². The normalized spacial score (nSPS) is 11.0. The van der Waals surface area contributed by atoms with Gasteiger partial charge in [0.1, 0.15) is 5.76 Å². The first-order valence-corrected chi connectivity index (χ1v) is 15.2. The highest BCUT2D eigenvalue weighted by Gasteiger charge is 2.18. The van der Waals surface area contributed by atoms with E-state index >= 15 is 0 Å². The van der Waals surface area contributed by atoms with Gasteiger partial charge in [-0.2, -0.15) is 8.42 Å². The van der Waals surface area contributed by atoms with Gasteiger partial charge < -0.3 is 24.5 Å². The van der Waals surface area contributed by atoms with E-state index in [1.165, 1.54) is 0 Å². The minimum atomic E-state index is -3.67. The molecule has 0 spiro atoms. The molecule has 1 aromatic heterocycles. The van der Waals surface area contributed by atoms with Crippen LogP contribution in [0.4, 0.5) is 0 Å². The maximum Gasteiger partial charge on any atom is 0.261 e. The molecule has 0 aliphatic heterocycles. The minimum absolute atomic E-state index is 0.131. The number of amides is 1. The molecule has 0 unspecified atom stereocenters. The van der Waals surface area contributed by atoms with Gasteiger partial charge in [-0.05, 0) is 57.1 Å². The Morgan fingerprint density at radius 2 is 1.55 bits per heavy atom. The molecule has 0 atom stereocenters. The van der Waals surface area contributed by atoms with Crippen LogP contribution < -0.4 is 25.5 Å². The average molecular weight is 597 g/mol. The molecule has 10 nitrogen and oxygen atoms in total. The first kappa shape index (κ1) is 32.3. The number of nitrogens with one attached hydrogen (secondary N) is 2. The van der Waals surface area contributed by atoms with E-state index in [9.17, 15) is 18.0 Å². The molecule has 224 valence electrons. The van der Waals surface area contributed by atoms with Gasteiger partial charge in [-0.1, -0.05) is 48.5 Å². The summed E-state index contributed by atoms with van der Waals surface area (Å²) in [7, 11) is -2.04. The first-order chi connectivity index (χ1) is 20.1. The topological polar surface area (TPSA) is 144 Å². The fourth-order valence-corrected chi connectivity index (χ4v) is 4.11. The van der Waals surface area contributed by atoms with E-state index < -0.39 is 10.1 Å². The average Bonchev–Trinajstić information content (AvgIpc) is 2.97. The number of carbonyl (C=O) groups is 1. The van der Waals surface area contributed by atoms with E-state index in [-0.39, 0.29) is 11.3 Å². The Kier molecular flexibility index (Phi) is 12.1. The summed E-state index contributed by atoms with van der Waals surface area (Å²) in [4.78, 5) is 25.9. The van der Waals surface area contributed by atoms with Gasteiger partial charge in [0.25, 0.3) is 16.0 Å². The van der Waals surface area contributed by atoms with Crippen LogP contribution in [0.5, 0.6) is 11.5 Å². The molecule has 11 heteroatoms. The van der Waals surface area contributed by atoms with E-state index in [1.54, 1.807) is 32.2 Å². The van der Waals surface area contributed by atoms with Crippen molar-refractivity contribution >= 4 is 27.0 Å². The van der Waals surface area contributed by atoms with Gasteiger partial charge >= 0.3 is 0 Å². The molecule has 0 fully saturated rings. The summed E-state index contributed by atoms with van der Waals surface area (Å²) in [6, 6.07) is 22.1. The molecule has 1 amide bonds. The van der Waals surface area contributed by atoms with Crippen LogP contribution >= 0.6 is 0 Å². The zero-order valence-electron chi connectivity index (χ0n) is 23.9. The summed E-state index contributed by atoms with van der Waals surface area (Å²) in [5, 5.41) is 6.71. The SMILES string of the molecule is COc1ccccc1OCCCNCCCNC(=O)c1cccc2c(=O)c(C)c(-c3ccccc3)oc12.CS(=O)(=O)O. The highest BCUT2D eigenvalue weighted by atomic mass is 32.2.